The average Bonchev–Trinajstić information content (AvgIpc) is 2.55. The van der Waals surface area contributed by atoms with Crippen molar-refractivity contribution in [3.63, 3.8) is 0 Å². The highest BCUT2D eigenvalue weighted by Gasteiger charge is 2.20. The number of nitrogens with zero attached hydrogens (tertiary/aromatic N) is 1. The van der Waals surface area contributed by atoms with Crippen LogP contribution in [0.4, 0.5) is 5.69 Å². The molecule has 0 spiro atoms. The minimum Gasteiger partial charge on any atom is -0.353 e. The Morgan fingerprint density at radius 2 is 1.74 bits per heavy atom. The number of carbonyl (C=O) groups is 1. The maximum absolute atomic E-state index is 12.3. The first-order valence-electron chi connectivity index (χ1n) is 10.1. The van der Waals surface area contributed by atoms with E-state index in [9.17, 15) is 13.2 Å². The first kappa shape index (κ1) is 21.7. The Kier molecular flexibility index (Phi) is 8.14. The summed E-state index contributed by atoms with van der Waals surface area (Å²) < 4.78 is 26.0. The summed E-state index contributed by atoms with van der Waals surface area (Å²) in [6, 6.07) is 6.08. The summed E-state index contributed by atoms with van der Waals surface area (Å²) in [5.74, 6) is 0.0370. The van der Waals surface area contributed by atoms with Crippen molar-refractivity contribution in [2.75, 3.05) is 17.1 Å². The maximum Gasteiger partial charge on any atom is 0.232 e. The van der Waals surface area contributed by atoms with Gasteiger partial charge in [-0.15, -0.1) is 0 Å². The van der Waals surface area contributed by atoms with Gasteiger partial charge in [-0.3, -0.25) is 9.10 Å². The minimum atomic E-state index is -3.39. The van der Waals surface area contributed by atoms with Crippen LogP contribution in [0.25, 0.3) is 0 Å². The van der Waals surface area contributed by atoms with Gasteiger partial charge in [0.25, 0.3) is 0 Å². The lowest BCUT2D eigenvalue weighted by Gasteiger charge is -2.25. The van der Waals surface area contributed by atoms with E-state index >= 15 is 0 Å². The quantitative estimate of drug-likeness (QED) is 0.758. The molecule has 0 atom stereocenters. The van der Waals surface area contributed by atoms with Gasteiger partial charge in [0.1, 0.15) is 0 Å². The highest BCUT2D eigenvalue weighted by Crippen LogP contribution is 2.24. The fourth-order valence-electron chi connectivity index (χ4n) is 3.74. The molecule has 0 saturated heterocycles. The summed E-state index contributed by atoms with van der Waals surface area (Å²) in [7, 11) is -3.39. The molecule has 1 aliphatic carbocycles. The normalized spacial score (nSPS) is 16.4. The Balaban J connectivity index is 1.91. The van der Waals surface area contributed by atoms with Crippen LogP contribution in [-0.2, 0) is 14.8 Å². The second-order valence-corrected chi connectivity index (χ2v) is 9.74. The van der Waals surface area contributed by atoms with Gasteiger partial charge in [-0.05, 0) is 50.3 Å². The third kappa shape index (κ3) is 7.17. The van der Waals surface area contributed by atoms with Crippen molar-refractivity contribution in [2.45, 2.75) is 77.7 Å². The molecule has 0 heterocycles. The number of carbonyl (C=O) groups excluding carboxylic acids is 1. The lowest BCUT2D eigenvalue weighted by molar-refractivity contribution is -0.122. The van der Waals surface area contributed by atoms with E-state index in [2.05, 4.69) is 5.32 Å². The molecule has 6 heteroatoms. The van der Waals surface area contributed by atoms with Crippen LogP contribution in [0.5, 0.6) is 0 Å². The summed E-state index contributed by atoms with van der Waals surface area (Å²) in [6.07, 6.45) is 10.4. The van der Waals surface area contributed by atoms with E-state index in [-0.39, 0.29) is 11.9 Å². The Hall–Kier alpha value is -1.56. The van der Waals surface area contributed by atoms with Gasteiger partial charge in [0.2, 0.25) is 15.9 Å². The molecule has 0 radical (unpaired) electrons. The summed E-state index contributed by atoms with van der Waals surface area (Å²) in [5.41, 5.74) is 2.65. The SMILES string of the molecule is Cc1ccc(C)c(N(CCCC(=O)NC2CCCCCCC2)S(C)(=O)=O)c1. The molecule has 1 N–H and O–H groups in total. The summed E-state index contributed by atoms with van der Waals surface area (Å²) in [5, 5.41) is 3.15. The van der Waals surface area contributed by atoms with E-state index in [0.717, 1.165) is 24.0 Å². The molecule has 0 aliphatic heterocycles. The number of nitrogens with one attached hydrogen (secondary N) is 1. The Morgan fingerprint density at radius 3 is 2.37 bits per heavy atom. The number of hydrogen-bond acceptors (Lipinski definition) is 3. The number of rotatable bonds is 7. The molecule has 1 aromatic carbocycles. The topological polar surface area (TPSA) is 66.5 Å². The van der Waals surface area contributed by atoms with Gasteiger partial charge in [0, 0.05) is 19.0 Å². The van der Waals surface area contributed by atoms with Crippen LogP contribution in [0.2, 0.25) is 0 Å². The lowest BCUT2D eigenvalue weighted by atomic mass is 9.96. The second kappa shape index (κ2) is 10.1. The fourth-order valence-corrected chi connectivity index (χ4v) is 4.75. The van der Waals surface area contributed by atoms with Crippen molar-refractivity contribution in [3.8, 4) is 0 Å². The molecule has 2 rings (SSSR count). The molecule has 0 bridgehead atoms. The van der Waals surface area contributed by atoms with Gasteiger partial charge in [-0.25, -0.2) is 8.42 Å². The Bertz CT molecular complexity index is 723. The van der Waals surface area contributed by atoms with Crippen molar-refractivity contribution in [1.82, 2.24) is 5.32 Å². The summed E-state index contributed by atoms with van der Waals surface area (Å²) >= 11 is 0. The minimum absolute atomic E-state index is 0.0370. The molecular formula is C21H34N2O3S. The molecule has 1 amide bonds. The Morgan fingerprint density at radius 1 is 1.11 bits per heavy atom. The van der Waals surface area contributed by atoms with Gasteiger partial charge >= 0.3 is 0 Å². The Labute approximate surface area is 164 Å². The average molecular weight is 395 g/mol. The predicted molar refractivity (Wildman–Crippen MR) is 112 cm³/mol. The first-order valence-corrected chi connectivity index (χ1v) is 12.0. The second-order valence-electron chi connectivity index (χ2n) is 7.84. The highest BCUT2D eigenvalue weighted by molar-refractivity contribution is 7.92. The van der Waals surface area contributed by atoms with E-state index in [1.807, 2.05) is 32.0 Å². The number of aryl methyl sites for hydroxylation is 2. The van der Waals surface area contributed by atoms with E-state index in [1.165, 1.54) is 42.7 Å². The van der Waals surface area contributed by atoms with Gasteiger partial charge in [-0.1, -0.05) is 44.2 Å². The molecule has 152 valence electrons. The predicted octanol–water partition coefficient (Wildman–Crippen LogP) is 4.08. The largest absolute Gasteiger partial charge is 0.353 e. The van der Waals surface area contributed by atoms with E-state index < -0.39 is 10.0 Å². The van der Waals surface area contributed by atoms with Crippen LogP contribution in [-0.4, -0.2) is 33.2 Å². The first-order chi connectivity index (χ1) is 12.8. The number of benzene rings is 1. The molecule has 1 fully saturated rings. The zero-order valence-corrected chi connectivity index (χ0v) is 17.8. The molecule has 1 aromatic rings. The molecule has 1 aliphatic rings. The molecule has 5 nitrogen and oxygen atoms in total. The zero-order chi connectivity index (χ0) is 19.9. The summed E-state index contributed by atoms with van der Waals surface area (Å²) in [6.45, 7) is 4.18. The van der Waals surface area contributed by atoms with Crippen LogP contribution < -0.4 is 9.62 Å². The summed E-state index contributed by atoms with van der Waals surface area (Å²) in [4.78, 5) is 12.3. The van der Waals surface area contributed by atoms with Gasteiger partial charge in [-0.2, -0.15) is 0 Å². The van der Waals surface area contributed by atoms with E-state index in [4.69, 9.17) is 0 Å². The van der Waals surface area contributed by atoms with Crippen molar-refractivity contribution in [2.24, 2.45) is 0 Å². The number of sulfonamides is 1. The van der Waals surface area contributed by atoms with Crippen molar-refractivity contribution < 1.29 is 13.2 Å². The van der Waals surface area contributed by atoms with Gasteiger partial charge < -0.3 is 5.32 Å². The molecule has 0 unspecified atom stereocenters. The third-order valence-corrected chi connectivity index (χ3v) is 6.45. The van der Waals surface area contributed by atoms with E-state index in [0.29, 0.717) is 25.1 Å². The van der Waals surface area contributed by atoms with Crippen LogP contribution in [0.1, 0.15) is 68.9 Å². The third-order valence-electron chi connectivity index (χ3n) is 5.27. The number of anilines is 1. The maximum atomic E-state index is 12.3. The van der Waals surface area contributed by atoms with Crippen LogP contribution in [0.15, 0.2) is 18.2 Å². The van der Waals surface area contributed by atoms with Crippen LogP contribution >= 0.6 is 0 Å². The smallest absolute Gasteiger partial charge is 0.232 e. The van der Waals surface area contributed by atoms with Crippen LogP contribution in [0, 0.1) is 13.8 Å². The molecule has 0 aromatic heterocycles. The lowest BCUT2D eigenvalue weighted by Crippen LogP contribution is -2.36. The van der Waals surface area contributed by atoms with Gasteiger partial charge in [0.05, 0.1) is 11.9 Å². The number of amides is 1. The molecule has 27 heavy (non-hydrogen) atoms. The molecule has 1 saturated carbocycles. The van der Waals surface area contributed by atoms with Crippen molar-refractivity contribution in [3.05, 3.63) is 29.3 Å². The number of hydrogen-bond donors (Lipinski definition) is 1. The van der Waals surface area contributed by atoms with Crippen molar-refractivity contribution >= 4 is 21.6 Å². The highest BCUT2D eigenvalue weighted by atomic mass is 32.2. The van der Waals surface area contributed by atoms with Crippen molar-refractivity contribution in [1.29, 1.82) is 0 Å². The standard InChI is InChI=1S/C21H34N2O3S/c1-17-13-14-18(2)20(16-17)23(27(3,25)26)15-9-12-21(24)22-19-10-7-5-4-6-8-11-19/h13-14,16,19H,4-12,15H2,1-3H3,(H,22,24). The monoisotopic (exact) mass is 394 g/mol. The van der Waals surface area contributed by atoms with Crippen LogP contribution in [0.3, 0.4) is 0 Å². The van der Waals surface area contributed by atoms with Gasteiger partial charge in [0.15, 0.2) is 0 Å². The zero-order valence-electron chi connectivity index (χ0n) is 17.0. The fraction of sp³-hybridized carbons (Fsp3) is 0.667. The molecular weight excluding hydrogens is 360 g/mol. The van der Waals surface area contributed by atoms with E-state index in [1.54, 1.807) is 0 Å².